The fourth-order valence-corrected chi connectivity index (χ4v) is 3.73. The molecule has 0 radical (unpaired) electrons. The van der Waals surface area contributed by atoms with Crippen molar-refractivity contribution in [3.05, 3.63) is 71.6 Å². The largest absolute Gasteiger partial charge is 0.325 e. The van der Waals surface area contributed by atoms with Gasteiger partial charge in [-0.05, 0) is 42.8 Å². The average molecular weight is 410 g/mol. The number of fused-ring (bicyclic) bond motifs is 1. The number of amides is 1. The van der Waals surface area contributed by atoms with E-state index >= 15 is 0 Å². The van der Waals surface area contributed by atoms with Gasteiger partial charge in [0.2, 0.25) is 5.91 Å². The van der Waals surface area contributed by atoms with Crippen LogP contribution in [0, 0.1) is 6.92 Å². The van der Waals surface area contributed by atoms with Crippen molar-refractivity contribution >= 4 is 46.0 Å². The van der Waals surface area contributed by atoms with Crippen LogP contribution in [0.15, 0.2) is 66.1 Å². The Morgan fingerprint density at radius 3 is 2.86 bits per heavy atom. The molecule has 0 bridgehead atoms. The van der Waals surface area contributed by atoms with Gasteiger partial charge in [-0.15, -0.1) is 0 Å². The van der Waals surface area contributed by atoms with Crippen molar-refractivity contribution in [2.24, 2.45) is 0 Å². The molecule has 2 heterocycles. The Morgan fingerprint density at radius 2 is 2.04 bits per heavy atom. The topological polar surface area (TPSA) is 72.7 Å². The lowest BCUT2D eigenvalue weighted by Crippen LogP contribution is -2.14. The minimum atomic E-state index is -0.0930. The average Bonchev–Trinajstić information content (AvgIpc) is 3.11. The van der Waals surface area contributed by atoms with Crippen molar-refractivity contribution in [2.45, 2.75) is 11.9 Å². The molecular formula is C20H16ClN5OS. The number of carbonyl (C=O) groups excluding carboxylic acids is 1. The number of nitrogens with zero attached hydrogens (tertiary/aromatic N) is 4. The van der Waals surface area contributed by atoms with Gasteiger partial charge in [0, 0.05) is 10.7 Å². The number of benzene rings is 2. The molecule has 140 valence electrons. The van der Waals surface area contributed by atoms with Gasteiger partial charge in [0.15, 0.2) is 5.65 Å². The molecule has 0 aliphatic heterocycles. The molecule has 2 aromatic carbocycles. The molecule has 8 heteroatoms. The normalized spacial score (nSPS) is 10.9. The molecule has 0 aliphatic rings. The molecule has 2 aromatic heterocycles. The fraction of sp³-hybridized carbons (Fsp3) is 0.100. The molecule has 0 saturated carbocycles. The molecule has 4 aromatic rings. The Morgan fingerprint density at radius 1 is 1.18 bits per heavy atom. The Bertz CT molecular complexity index is 1160. The summed E-state index contributed by atoms with van der Waals surface area (Å²) in [6, 6.07) is 15.1. The van der Waals surface area contributed by atoms with Gasteiger partial charge in [0.1, 0.15) is 11.4 Å². The van der Waals surface area contributed by atoms with Crippen LogP contribution in [0.25, 0.3) is 16.7 Å². The van der Waals surface area contributed by atoms with Crippen molar-refractivity contribution < 1.29 is 4.79 Å². The number of anilines is 1. The van der Waals surface area contributed by atoms with Gasteiger partial charge in [-0.1, -0.05) is 41.6 Å². The number of hydrogen-bond acceptors (Lipinski definition) is 5. The Kier molecular flexibility index (Phi) is 5.27. The summed E-state index contributed by atoms with van der Waals surface area (Å²) in [4.78, 5) is 20.9. The summed E-state index contributed by atoms with van der Waals surface area (Å²) >= 11 is 7.43. The smallest absolute Gasteiger partial charge is 0.234 e. The molecule has 6 nitrogen and oxygen atoms in total. The van der Waals surface area contributed by atoms with E-state index in [2.05, 4.69) is 20.4 Å². The van der Waals surface area contributed by atoms with E-state index in [0.29, 0.717) is 15.7 Å². The van der Waals surface area contributed by atoms with E-state index in [1.54, 1.807) is 16.9 Å². The van der Waals surface area contributed by atoms with Crippen LogP contribution in [-0.2, 0) is 4.79 Å². The molecule has 0 aliphatic carbocycles. The number of carbonyl (C=O) groups is 1. The molecule has 0 saturated heterocycles. The second kappa shape index (κ2) is 8.00. The lowest BCUT2D eigenvalue weighted by molar-refractivity contribution is -0.113. The van der Waals surface area contributed by atoms with Crippen molar-refractivity contribution in [2.75, 3.05) is 11.1 Å². The first kappa shape index (κ1) is 18.5. The maximum atomic E-state index is 12.3. The van der Waals surface area contributed by atoms with Crippen molar-refractivity contribution in [1.82, 2.24) is 19.7 Å². The van der Waals surface area contributed by atoms with Crippen LogP contribution in [-0.4, -0.2) is 31.4 Å². The maximum Gasteiger partial charge on any atom is 0.234 e. The van der Waals surface area contributed by atoms with Crippen molar-refractivity contribution in [3.63, 3.8) is 0 Å². The predicted octanol–water partition coefficient (Wildman–Crippen LogP) is 4.51. The molecule has 4 rings (SSSR count). The molecule has 1 amide bonds. The number of aromatic nitrogens is 4. The van der Waals surface area contributed by atoms with Gasteiger partial charge >= 0.3 is 0 Å². The van der Waals surface area contributed by atoms with Crippen molar-refractivity contribution in [3.8, 4) is 5.69 Å². The highest BCUT2D eigenvalue weighted by molar-refractivity contribution is 8.00. The van der Waals surface area contributed by atoms with Crippen molar-refractivity contribution in [1.29, 1.82) is 0 Å². The van der Waals surface area contributed by atoms with Gasteiger partial charge in [-0.25, -0.2) is 14.6 Å². The first-order valence-corrected chi connectivity index (χ1v) is 9.90. The maximum absolute atomic E-state index is 12.3. The Hall–Kier alpha value is -2.90. The summed E-state index contributed by atoms with van der Waals surface area (Å²) in [5, 5.41) is 9.43. The molecule has 1 N–H and O–H groups in total. The van der Waals surface area contributed by atoms with Gasteiger partial charge in [0.25, 0.3) is 0 Å². The Labute approximate surface area is 171 Å². The number of halogens is 1. The van der Waals surface area contributed by atoms with Crippen LogP contribution in [0.2, 0.25) is 5.02 Å². The van der Waals surface area contributed by atoms with E-state index in [0.717, 1.165) is 22.3 Å². The summed E-state index contributed by atoms with van der Waals surface area (Å²) in [7, 11) is 0. The predicted molar refractivity (Wildman–Crippen MR) is 112 cm³/mol. The van der Waals surface area contributed by atoms with E-state index in [-0.39, 0.29) is 11.7 Å². The minimum Gasteiger partial charge on any atom is -0.325 e. The van der Waals surface area contributed by atoms with Crippen LogP contribution >= 0.6 is 23.4 Å². The number of rotatable bonds is 5. The zero-order valence-electron chi connectivity index (χ0n) is 15.0. The molecule has 0 unspecified atom stereocenters. The summed E-state index contributed by atoms with van der Waals surface area (Å²) in [5.41, 5.74) is 3.36. The third kappa shape index (κ3) is 4.00. The summed E-state index contributed by atoms with van der Waals surface area (Å²) < 4.78 is 1.71. The third-order valence-electron chi connectivity index (χ3n) is 4.02. The highest BCUT2D eigenvalue weighted by Gasteiger charge is 2.13. The van der Waals surface area contributed by atoms with E-state index < -0.39 is 0 Å². The number of aryl methyl sites for hydroxylation is 1. The number of thioether (sulfide) groups is 1. The molecule has 0 fully saturated rings. The summed E-state index contributed by atoms with van der Waals surface area (Å²) in [6.45, 7) is 1.99. The van der Waals surface area contributed by atoms with Gasteiger partial charge in [0.05, 0.1) is 23.0 Å². The SMILES string of the molecule is Cc1cccc(NC(=O)CSc2ncnc3c2cnn3-c2cccc(Cl)c2)c1. The fourth-order valence-electron chi connectivity index (χ4n) is 2.79. The second-order valence-electron chi connectivity index (χ2n) is 6.16. The number of hydrogen-bond donors (Lipinski definition) is 1. The first-order valence-electron chi connectivity index (χ1n) is 8.54. The highest BCUT2D eigenvalue weighted by Crippen LogP contribution is 2.26. The van der Waals surface area contributed by atoms with Crippen LogP contribution in [0.3, 0.4) is 0 Å². The summed E-state index contributed by atoms with van der Waals surface area (Å²) in [6.07, 6.45) is 3.18. The zero-order valence-corrected chi connectivity index (χ0v) is 16.5. The van der Waals surface area contributed by atoms with E-state index in [1.165, 1.54) is 18.1 Å². The Balaban J connectivity index is 1.52. The highest BCUT2D eigenvalue weighted by atomic mass is 35.5. The second-order valence-corrected chi connectivity index (χ2v) is 7.56. The van der Waals surface area contributed by atoms with Crippen LogP contribution in [0.1, 0.15) is 5.56 Å². The quantitative estimate of drug-likeness (QED) is 0.388. The standard InChI is InChI=1S/C20H16ClN5OS/c1-13-4-2-6-15(8-13)25-18(27)11-28-20-17-10-24-26(19(17)22-12-23-20)16-7-3-5-14(21)9-16/h2-10,12H,11H2,1H3,(H,25,27). The summed E-state index contributed by atoms with van der Waals surface area (Å²) in [5.74, 6) is 0.146. The van der Waals surface area contributed by atoms with Gasteiger partial charge < -0.3 is 5.32 Å². The number of nitrogens with one attached hydrogen (secondary N) is 1. The van der Waals surface area contributed by atoms with E-state index in [4.69, 9.17) is 11.6 Å². The lowest BCUT2D eigenvalue weighted by Gasteiger charge is -2.06. The van der Waals surface area contributed by atoms with Crippen LogP contribution in [0.5, 0.6) is 0 Å². The van der Waals surface area contributed by atoms with Crippen LogP contribution < -0.4 is 5.32 Å². The molecule has 28 heavy (non-hydrogen) atoms. The van der Waals surface area contributed by atoms with E-state index in [1.807, 2.05) is 49.4 Å². The minimum absolute atomic E-state index is 0.0930. The first-order chi connectivity index (χ1) is 13.6. The van der Waals surface area contributed by atoms with E-state index in [9.17, 15) is 4.79 Å². The van der Waals surface area contributed by atoms with Crippen LogP contribution in [0.4, 0.5) is 5.69 Å². The molecule has 0 spiro atoms. The third-order valence-corrected chi connectivity index (χ3v) is 5.26. The molecule has 0 atom stereocenters. The molecular weight excluding hydrogens is 394 g/mol. The zero-order chi connectivity index (χ0) is 19.5. The van der Waals surface area contributed by atoms with Gasteiger partial charge in [-0.2, -0.15) is 5.10 Å². The van der Waals surface area contributed by atoms with Gasteiger partial charge in [-0.3, -0.25) is 4.79 Å². The monoisotopic (exact) mass is 409 g/mol. The lowest BCUT2D eigenvalue weighted by atomic mass is 10.2.